The van der Waals surface area contributed by atoms with Gasteiger partial charge in [0.2, 0.25) is 0 Å². The molecule has 124 valence electrons. The molecular formula is C16H20ClN3O3. The van der Waals surface area contributed by atoms with E-state index in [0.29, 0.717) is 22.8 Å². The number of carbonyl (C=O) groups is 2. The molecule has 1 atom stereocenters. The molecule has 0 aromatic heterocycles. The van der Waals surface area contributed by atoms with Gasteiger partial charge in [-0.3, -0.25) is 4.79 Å². The van der Waals surface area contributed by atoms with Gasteiger partial charge in [0, 0.05) is 24.9 Å². The summed E-state index contributed by atoms with van der Waals surface area (Å²) in [6.45, 7) is 1.24. The maximum atomic E-state index is 12.1. The molecule has 1 aliphatic carbocycles. The van der Waals surface area contributed by atoms with Gasteiger partial charge in [-0.1, -0.05) is 11.6 Å². The van der Waals surface area contributed by atoms with Crippen molar-refractivity contribution in [2.45, 2.75) is 37.8 Å². The molecule has 1 aromatic rings. The van der Waals surface area contributed by atoms with Gasteiger partial charge in [-0.25, -0.2) is 4.79 Å². The Kier molecular flexibility index (Phi) is 5.03. The minimum atomic E-state index is -0.323. The number of nitrogens with one attached hydrogen (secondary N) is 3. The zero-order valence-electron chi connectivity index (χ0n) is 12.7. The minimum Gasteiger partial charge on any atom is -0.376 e. The fourth-order valence-electron chi connectivity index (χ4n) is 2.46. The molecule has 1 saturated carbocycles. The molecule has 0 spiro atoms. The lowest BCUT2D eigenvalue weighted by molar-refractivity contribution is 0.0951. The van der Waals surface area contributed by atoms with Crippen LogP contribution in [0.15, 0.2) is 18.2 Å². The normalized spacial score (nSPS) is 20.1. The molecule has 0 radical (unpaired) electrons. The van der Waals surface area contributed by atoms with Crippen LogP contribution >= 0.6 is 11.6 Å². The number of urea groups is 1. The quantitative estimate of drug-likeness (QED) is 0.772. The Morgan fingerprint density at radius 2 is 2.09 bits per heavy atom. The lowest BCUT2D eigenvalue weighted by Crippen LogP contribution is -2.35. The first-order valence-corrected chi connectivity index (χ1v) is 8.26. The Morgan fingerprint density at radius 1 is 1.26 bits per heavy atom. The molecule has 1 unspecified atom stereocenters. The molecule has 6 nitrogen and oxygen atoms in total. The maximum absolute atomic E-state index is 12.1. The summed E-state index contributed by atoms with van der Waals surface area (Å²) in [6, 6.07) is 4.80. The van der Waals surface area contributed by atoms with E-state index in [1.54, 1.807) is 18.2 Å². The van der Waals surface area contributed by atoms with Crippen molar-refractivity contribution in [3.63, 3.8) is 0 Å². The van der Waals surface area contributed by atoms with Crippen LogP contribution in [-0.4, -0.2) is 37.2 Å². The van der Waals surface area contributed by atoms with Crippen molar-refractivity contribution in [3.8, 4) is 0 Å². The Hall–Kier alpha value is -1.79. The molecule has 23 heavy (non-hydrogen) atoms. The molecule has 1 aliphatic heterocycles. The topological polar surface area (TPSA) is 79.5 Å². The number of ether oxygens (including phenoxy) is 1. The fourth-order valence-corrected chi connectivity index (χ4v) is 2.66. The van der Waals surface area contributed by atoms with Crippen molar-refractivity contribution in [1.29, 1.82) is 0 Å². The first kappa shape index (κ1) is 16.1. The molecule has 3 N–H and O–H groups in total. The number of anilines is 1. The summed E-state index contributed by atoms with van der Waals surface area (Å²) < 4.78 is 5.45. The van der Waals surface area contributed by atoms with Crippen molar-refractivity contribution in [3.05, 3.63) is 28.8 Å². The number of amides is 3. The van der Waals surface area contributed by atoms with Crippen LogP contribution in [0.4, 0.5) is 10.5 Å². The van der Waals surface area contributed by atoms with Crippen LogP contribution in [0.3, 0.4) is 0 Å². The predicted molar refractivity (Wildman–Crippen MR) is 87.9 cm³/mol. The van der Waals surface area contributed by atoms with Crippen molar-refractivity contribution in [2.24, 2.45) is 0 Å². The van der Waals surface area contributed by atoms with Gasteiger partial charge < -0.3 is 20.7 Å². The van der Waals surface area contributed by atoms with E-state index in [9.17, 15) is 9.59 Å². The van der Waals surface area contributed by atoms with Gasteiger partial charge in [0.25, 0.3) is 5.91 Å². The number of carbonyl (C=O) groups excluding carboxylic acids is 2. The van der Waals surface area contributed by atoms with Gasteiger partial charge in [0.1, 0.15) is 0 Å². The second-order valence-corrected chi connectivity index (χ2v) is 6.32. The maximum Gasteiger partial charge on any atom is 0.319 e. The van der Waals surface area contributed by atoms with E-state index in [0.717, 1.165) is 32.3 Å². The highest BCUT2D eigenvalue weighted by atomic mass is 35.5. The average molecular weight is 338 g/mol. The third-order valence-electron chi connectivity index (χ3n) is 3.90. The molecule has 2 fully saturated rings. The monoisotopic (exact) mass is 337 g/mol. The summed E-state index contributed by atoms with van der Waals surface area (Å²) in [5.41, 5.74) is 0.899. The van der Waals surface area contributed by atoms with E-state index in [-0.39, 0.29) is 24.1 Å². The number of rotatable bonds is 5. The largest absolute Gasteiger partial charge is 0.376 e. The van der Waals surface area contributed by atoms with Crippen LogP contribution in [0.2, 0.25) is 5.02 Å². The molecular weight excluding hydrogens is 318 g/mol. The fraction of sp³-hybridized carbons (Fsp3) is 0.500. The van der Waals surface area contributed by atoms with Crippen LogP contribution in [0.1, 0.15) is 36.0 Å². The van der Waals surface area contributed by atoms with Gasteiger partial charge in [-0.15, -0.1) is 0 Å². The smallest absolute Gasteiger partial charge is 0.319 e. The summed E-state index contributed by atoms with van der Waals surface area (Å²) in [7, 11) is 0. The number of hydrogen-bond donors (Lipinski definition) is 3. The Bertz CT molecular complexity index is 598. The SMILES string of the molecule is O=C(NCC1CCCO1)Nc1ccc(Cl)c(C(=O)NC2CC2)c1. The van der Waals surface area contributed by atoms with Crippen LogP contribution in [0, 0.1) is 0 Å². The summed E-state index contributed by atoms with van der Waals surface area (Å²) in [5.74, 6) is -0.207. The third kappa shape index (κ3) is 4.59. The van der Waals surface area contributed by atoms with E-state index in [4.69, 9.17) is 16.3 Å². The summed E-state index contributed by atoms with van der Waals surface area (Å²) in [4.78, 5) is 24.0. The Balaban J connectivity index is 1.56. The first-order chi connectivity index (χ1) is 11.1. The van der Waals surface area contributed by atoms with Crippen LogP contribution in [0.5, 0.6) is 0 Å². The van der Waals surface area contributed by atoms with E-state index < -0.39 is 0 Å². The van der Waals surface area contributed by atoms with Crippen LogP contribution in [0.25, 0.3) is 0 Å². The van der Waals surface area contributed by atoms with Crippen molar-refractivity contribution in [1.82, 2.24) is 10.6 Å². The second-order valence-electron chi connectivity index (χ2n) is 5.91. The summed E-state index contributed by atoms with van der Waals surface area (Å²) in [5, 5.41) is 8.74. The van der Waals surface area contributed by atoms with Crippen LogP contribution in [-0.2, 0) is 4.74 Å². The van der Waals surface area contributed by atoms with Gasteiger partial charge in [0.05, 0.1) is 16.7 Å². The highest BCUT2D eigenvalue weighted by molar-refractivity contribution is 6.34. The summed E-state index contributed by atoms with van der Waals surface area (Å²) >= 11 is 6.07. The molecule has 1 heterocycles. The highest BCUT2D eigenvalue weighted by Gasteiger charge is 2.25. The van der Waals surface area contributed by atoms with E-state index in [1.807, 2.05) is 0 Å². The Labute approximate surface area is 139 Å². The second kappa shape index (κ2) is 7.19. The number of hydrogen-bond acceptors (Lipinski definition) is 3. The zero-order chi connectivity index (χ0) is 16.2. The number of benzene rings is 1. The number of halogens is 1. The van der Waals surface area contributed by atoms with E-state index in [2.05, 4.69) is 16.0 Å². The standard InChI is InChI=1S/C16H20ClN3O3/c17-14-6-5-11(8-13(14)15(21)19-10-3-4-10)20-16(22)18-9-12-2-1-7-23-12/h5-6,8,10,12H,1-4,7,9H2,(H,19,21)(H2,18,20,22). The third-order valence-corrected chi connectivity index (χ3v) is 4.23. The van der Waals surface area contributed by atoms with Crippen molar-refractivity contribution >= 4 is 29.2 Å². The van der Waals surface area contributed by atoms with Gasteiger partial charge in [-0.2, -0.15) is 0 Å². The van der Waals surface area contributed by atoms with E-state index in [1.165, 1.54) is 0 Å². The molecule has 3 amide bonds. The van der Waals surface area contributed by atoms with E-state index >= 15 is 0 Å². The Morgan fingerprint density at radius 3 is 2.78 bits per heavy atom. The van der Waals surface area contributed by atoms with Gasteiger partial charge >= 0.3 is 6.03 Å². The molecule has 2 aliphatic rings. The average Bonchev–Trinajstić information content (AvgIpc) is 3.18. The molecule has 1 aromatic carbocycles. The molecule has 7 heteroatoms. The lowest BCUT2D eigenvalue weighted by Gasteiger charge is -2.13. The van der Waals surface area contributed by atoms with Crippen LogP contribution < -0.4 is 16.0 Å². The van der Waals surface area contributed by atoms with Gasteiger partial charge in [-0.05, 0) is 43.9 Å². The lowest BCUT2D eigenvalue weighted by atomic mass is 10.2. The van der Waals surface area contributed by atoms with Crippen molar-refractivity contribution < 1.29 is 14.3 Å². The molecule has 0 bridgehead atoms. The highest BCUT2D eigenvalue weighted by Crippen LogP contribution is 2.24. The molecule has 1 saturated heterocycles. The zero-order valence-corrected chi connectivity index (χ0v) is 13.5. The summed E-state index contributed by atoms with van der Waals surface area (Å²) in [6.07, 6.45) is 4.10. The molecule has 3 rings (SSSR count). The minimum absolute atomic E-state index is 0.0887. The van der Waals surface area contributed by atoms with Crippen molar-refractivity contribution in [2.75, 3.05) is 18.5 Å². The first-order valence-electron chi connectivity index (χ1n) is 7.88. The van der Waals surface area contributed by atoms with Gasteiger partial charge in [0.15, 0.2) is 0 Å². The predicted octanol–water partition coefficient (Wildman–Crippen LogP) is 2.53.